The largest absolute Gasteiger partial charge is 0.419 e. The number of aromatic nitrogens is 2. The number of benzene rings is 1. The number of thiophene rings is 1. The Bertz CT molecular complexity index is 787. The lowest BCUT2D eigenvalue weighted by Crippen LogP contribution is -2.22. The Kier molecular flexibility index (Phi) is 4.29. The predicted octanol–water partition coefficient (Wildman–Crippen LogP) is 4.90. The van der Waals surface area contributed by atoms with Crippen molar-refractivity contribution in [1.29, 1.82) is 0 Å². The van der Waals surface area contributed by atoms with Gasteiger partial charge in [0.05, 0.1) is 6.54 Å². The fraction of sp³-hybridized carbons (Fsp3) is 0.294. The highest BCUT2D eigenvalue weighted by Gasteiger charge is 2.28. The molecule has 1 unspecified atom stereocenters. The third kappa shape index (κ3) is 3.24. The van der Waals surface area contributed by atoms with Crippen LogP contribution in [0, 0.1) is 0 Å². The van der Waals surface area contributed by atoms with E-state index in [2.05, 4.69) is 48.5 Å². The van der Waals surface area contributed by atoms with Crippen LogP contribution in [0.2, 0.25) is 0 Å². The van der Waals surface area contributed by atoms with Gasteiger partial charge in [-0.1, -0.05) is 28.1 Å². The molecule has 2 aromatic heterocycles. The van der Waals surface area contributed by atoms with E-state index < -0.39 is 0 Å². The summed E-state index contributed by atoms with van der Waals surface area (Å²) in [5.41, 5.74) is 0.939. The lowest BCUT2D eigenvalue weighted by molar-refractivity contribution is 0.227. The van der Waals surface area contributed by atoms with Crippen molar-refractivity contribution in [2.45, 2.75) is 25.4 Å². The van der Waals surface area contributed by atoms with Crippen molar-refractivity contribution < 1.29 is 4.42 Å². The van der Waals surface area contributed by atoms with E-state index >= 15 is 0 Å². The molecule has 1 atom stereocenters. The number of halogens is 1. The molecule has 118 valence electrons. The summed E-state index contributed by atoms with van der Waals surface area (Å²) in [5.74, 6) is 1.26. The van der Waals surface area contributed by atoms with Gasteiger partial charge in [-0.05, 0) is 49.0 Å². The van der Waals surface area contributed by atoms with Gasteiger partial charge >= 0.3 is 0 Å². The molecule has 3 heterocycles. The summed E-state index contributed by atoms with van der Waals surface area (Å²) in [7, 11) is 0. The molecule has 0 N–H and O–H groups in total. The Balaban J connectivity index is 1.51. The monoisotopic (exact) mass is 389 g/mol. The second-order valence-corrected chi connectivity index (χ2v) is 7.55. The van der Waals surface area contributed by atoms with Gasteiger partial charge < -0.3 is 4.42 Å². The van der Waals surface area contributed by atoms with Crippen molar-refractivity contribution in [2.75, 3.05) is 6.54 Å². The summed E-state index contributed by atoms with van der Waals surface area (Å²) >= 11 is 5.29. The summed E-state index contributed by atoms with van der Waals surface area (Å²) in [6, 6.07) is 12.7. The van der Waals surface area contributed by atoms with Crippen LogP contribution >= 0.6 is 27.3 Å². The summed E-state index contributed by atoms with van der Waals surface area (Å²) in [4.78, 5) is 3.86. The van der Waals surface area contributed by atoms with E-state index in [1.165, 1.54) is 17.7 Å². The van der Waals surface area contributed by atoms with Crippen LogP contribution in [0.5, 0.6) is 0 Å². The van der Waals surface area contributed by atoms with E-state index in [0.717, 1.165) is 16.6 Å². The molecule has 0 radical (unpaired) electrons. The molecule has 1 fully saturated rings. The van der Waals surface area contributed by atoms with Crippen molar-refractivity contribution in [2.24, 2.45) is 0 Å². The molecule has 4 rings (SSSR count). The Morgan fingerprint density at radius 2 is 2.22 bits per heavy atom. The summed E-state index contributed by atoms with van der Waals surface area (Å²) in [5, 5.41) is 10.6. The van der Waals surface area contributed by atoms with Crippen molar-refractivity contribution >= 4 is 27.3 Å². The quantitative estimate of drug-likeness (QED) is 0.636. The minimum Gasteiger partial charge on any atom is -0.419 e. The summed E-state index contributed by atoms with van der Waals surface area (Å²) < 4.78 is 6.88. The first kappa shape index (κ1) is 15.1. The topological polar surface area (TPSA) is 42.2 Å². The molecule has 0 saturated carbocycles. The first-order chi connectivity index (χ1) is 11.3. The van der Waals surface area contributed by atoms with Crippen LogP contribution in [0.3, 0.4) is 0 Å². The number of hydrogen-bond acceptors (Lipinski definition) is 5. The van der Waals surface area contributed by atoms with E-state index in [9.17, 15) is 0 Å². The number of likely N-dealkylation sites (tertiary alicyclic amines) is 1. The van der Waals surface area contributed by atoms with Crippen LogP contribution in [-0.2, 0) is 6.54 Å². The normalized spacial score (nSPS) is 18.6. The van der Waals surface area contributed by atoms with Crippen LogP contribution in [0.4, 0.5) is 0 Å². The highest BCUT2D eigenvalue weighted by molar-refractivity contribution is 9.10. The first-order valence-electron chi connectivity index (χ1n) is 7.65. The molecule has 3 aromatic rings. The van der Waals surface area contributed by atoms with Crippen molar-refractivity contribution in [3.63, 3.8) is 0 Å². The smallest absolute Gasteiger partial charge is 0.247 e. The SMILES string of the molecule is Brc1cccc(-c2nnc(CN3CCCC3c3cccs3)o2)c1. The molecule has 6 heteroatoms. The van der Waals surface area contributed by atoms with Crippen LogP contribution in [-0.4, -0.2) is 21.6 Å². The van der Waals surface area contributed by atoms with Crippen LogP contribution in [0.25, 0.3) is 11.5 Å². The van der Waals surface area contributed by atoms with Gasteiger partial charge in [0.25, 0.3) is 0 Å². The molecule has 4 nitrogen and oxygen atoms in total. The van der Waals surface area contributed by atoms with E-state index in [1.54, 1.807) is 0 Å². The molecule has 1 saturated heterocycles. The maximum Gasteiger partial charge on any atom is 0.247 e. The van der Waals surface area contributed by atoms with Gasteiger partial charge in [-0.15, -0.1) is 21.5 Å². The maximum atomic E-state index is 5.87. The molecule has 1 aromatic carbocycles. The second kappa shape index (κ2) is 6.55. The average Bonchev–Trinajstić information content (AvgIpc) is 3.29. The van der Waals surface area contributed by atoms with Gasteiger partial charge in [-0.25, -0.2) is 0 Å². The van der Waals surface area contributed by atoms with Crippen LogP contribution in [0.15, 0.2) is 50.7 Å². The molecular formula is C17H16BrN3OS. The van der Waals surface area contributed by atoms with Crippen molar-refractivity contribution in [3.05, 3.63) is 57.0 Å². The Morgan fingerprint density at radius 1 is 1.26 bits per heavy atom. The van der Waals surface area contributed by atoms with Gasteiger partial charge in [0.1, 0.15) is 0 Å². The fourth-order valence-corrected chi connectivity index (χ4v) is 4.34. The zero-order valence-corrected chi connectivity index (χ0v) is 14.9. The standard InChI is InChI=1S/C17H16BrN3OS/c18-13-5-1-4-12(10-13)17-20-19-16(22-17)11-21-8-2-6-14(21)15-7-3-9-23-15/h1,3-5,7,9-10,14H,2,6,8,11H2. The van der Waals surface area contributed by atoms with Crippen LogP contribution in [0.1, 0.15) is 29.7 Å². The molecular weight excluding hydrogens is 374 g/mol. The van der Waals surface area contributed by atoms with E-state index in [-0.39, 0.29) is 0 Å². The zero-order chi connectivity index (χ0) is 15.6. The molecule has 23 heavy (non-hydrogen) atoms. The first-order valence-corrected chi connectivity index (χ1v) is 9.32. The Hall–Kier alpha value is -1.50. The van der Waals surface area contributed by atoms with Gasteiger partial charge in [0.15, 0.2) is 0 Å². The van der Waals surface area contributed by atoms with Crippen molar-refractivity contribution in [1.82, 2.24) is 15.1 Å². The van der Waals surface area contributed by atoms with Crippen molar-refractivity contribution in [3.8, 4) is 11.5 Å². The fourth-order valence-electron chi connectivity index (χ4n) is 3.05. The third-order valence-corrected chi connectivity index (χ3v) is 5.58. The summed E-state index contributed by atoms with van der Waals surface area (Å²) in [6.07, 6.45) is 2.42. The zero-order valence-electron chi connectivity index (χ0n) is 12.5. The van der Waals surface area contributed by atoms with Gasteiger partial charge in [0.2, 0.25) is 11.8 Å². The van der Waals surface area contributed by atoms with Crippen LogP contribution < -0.4 is 0 Å². The molecule has 0 aliphatic carbocycles. The number of hydrogen-bond donors (Lipinski definition) is 0. The average molecular weight is 390 g/mol. The minimum absolute atomic E-state index is 0.483. The van der Waals surface area contributed by atoms with Gasteiger partial charge in [-0.3, -0.25) is 4.90 Å². The maximum absolute atomic E-state index is 5.87. The van der Waals surface area contributed by atoms with E-state index in [0.29, 0.717) is 24.4 Å². The van der Waals surface area contributed by atoms with E-state index in [4.69, 9.17) is 4.42 Å². The highest BCUT2D eigenvalue weighted by Crippen LogP contribution is 2.35. The second-order valence-electron chi connectivity index (χ2n) is 5.66. The molecule has 1 aliphatic rings. The number of rotatable bonds is 4. The minimum atomic E-state index is 0.483. The lowest BCUT2D eigenvalue weighted by atomic mass is 10.2. The lowest BCUT2D eigenvalue weighted by Gasteiger charge is -2.21. The molecule has 1 aliphatic heterocycles. The Morgan fingerprint density at radius 3 is 3.04 bits per heavy atom. The van der Waals surface area contributed by atoms with Gasteiger partial charge in [-0.2, -0.15) is 0 Å². The predicted molar refractivity (Wildman–Crippen MR) is 94.1 cm³/mol. The molecule has 0 spiro atoms. The molecule has 0 bridgehead atoms. The number of nitrogens with zero attached hydrogens (tertiary/aromatic N) is 3. The molecule has 0 amide bonds. The van der Waals surface area contributed by atoms with Gasteiger partial charge in [0, 0.05) is 21.0 Å². The van der Waals surface area contributed by atoms with E-state index in [1.807, 2.05) is 35.6 Å². The third-order valence-electron chi connectivity index (χ3n) is 4.11. The Labute approximate surface area is 147 Å². The highest BCUT2D eigenvalue weighted by atomic mass is 79.9. The summed E-state index contributed by atoms with van der Waals surface area (Å²) in [6.45, 7) is 1.79.